The number of nitrogens with zero attached hydrogens (tertiary/aromatic N) is 2. The summed E-state index contributed by atoms with van der Waals surface area (Å²) in [6.45, 7) is 4.18. The first-order chi connectivity index (χ1) is 13.8. The Labute approximate surface area is 171 Å². The second-order valence-electron chi connectivity index (χ2n) is 7.47. The molecule has 4 nitrogen and oxygen atoms in total. The molecule has 0 radical (unpaired) electrons. The molecule has 2 aromatic rings. The average Bonchev–Trinajstić information content (AvgIpc) is 2.88. The number of aryl methyl sites for hydroxylation is 2. The van der Waals surface area contributed by atoms with Crippen molar-refractivity contribution in [3.63, 3.8) is 0 Å². The minimum absolute atomic E-state index is 0.0894. The SMILES string of the molecule is OCCOCCN1CCC(=C2c3ccc(Cl)cc3CCc3cccnc32)CC1. The summed E-state index contributed by atoms with van der Waals surface area (Å²) in [4.78, 5) is 7.24. The van der Waals surface area contributed by atoms with Crippen LogP contribution in [0.1, 0.15) is 35.2 Å². The minimum Gasteiger partial charge on any atom is -0.394 e. The van der Waals surface area contributed by atoms with Crippen molar-refractivity contribution in [1.82, 2.24) is 9.88 Å². The maximum absolute atomic E-state index is 8.82. The highest BCUT2D eigenvalue weighted by atomic mass is 35.5. The molecule has 1 fully saturated rings. The van der Waals surface area contributed by atoms with Crippen molar-refractivity contribution < 1.29 is 9.84 Å². The fourth-order valence-electron chi connectivity index (χ4n) is 4.29. The lowest BCUT2D eigenvalue weighted by Crippen LogP contribution is -2.34. The molecule has 0 atom stereocenters. The van der Waals surface area contributed by atoms with Crippen molar-refractivity contribution >= 4 is 17.2 Å². The predicted molar refractivity (Wildman–Crippen MR) is 113 cm³/mol. The smallest absolute Gasteiger partial charge is 0.0739 e. The molecule has 0 bridgehead atoms. The molecule has 0 saturated carbocycles. The van der Waals surface area contributed by atoms with Gasteiger partial charge in [-0.15, -0.1) is 0 Å². The van der Waals surface area contributed by atoms with Crippen LogP contribution in [-0.4, -0.2) is 54.4 Å². The summed E-state index contributed by atoms with van der Waals surface area (Å²) >= 11 is 6.30. The first-order valence-electron chi connectivity index (χ1n) is 10.1. The van der Waals surface area contributed by atoms with E-state index in [0.717, 1.165) is 56.0 Å². The number of ether oxygens (including phenoxy) is 1. The van der Waals surface area contributed by atoms with Gasteiger partial charge in [0.25, 0.3) is 0 Å². The Morgan fingerprint density at radius 3 is 2.68 bits per heavy atom. The topological polar surface area (TPSA) is 45.6 Å². The molecule has 1 aromatic heterocycles. The summed E-state index contributed by atoms with van der Waals surface area (Å²) in [7, 11) is 0. The third kappa shape index (κ3) is 4.31. The van der Waals surface area contributed by atoms with Gasteiger partial charge in [-0.3, -0.25) is 4.98 Å². The van der Waals surface area contributed by atoms with Crippen LogP contribution >= 0.6 is 11.6 Å². The molecular formula is C23H27ClN2O2. The number of fused-ring (bicyclic) bond motifs is 2. The second kappa shape index (κ2) is 9.19. The van der Waals surface area contributed by atoms with Gasteiger partial charge >= 0.3 is 0 Å². The standard InChI is InChI=1S/C23H27ClN2O2/c24-20-5-6-21-19(16-20)4-3-18-2-1-9-25-23(18)22(21)17-7-10-26(11-8-17)12-14-28-15-13-27/h1-2,5-6,9,16,27H,3-4,7-8,10-15H2. The Kier molecular flexibility index (Phi) is 6.43. The first kappa shape index (κ1) is 19.6. The summed E-state index contributed by atoms with van der Waals surface area (Å²) in [5.41, 5.74) is 7.94. The van der Waals surface area contributed by atoms with E-state index in [4.69, 9.17) is 26.4 Å². The van der Waals surface area contributed by atoms with Gasteiger partial charge in [-0.1, -0.05) is 29.3 Å². The third-order valence-electron chi connectivity index (χ3n) is 5.73. The van der Waals surface area contributed by atoms with E-state index in [9.17, 15) is 0 Å². The molecule has 148 valence electrons. The zero-order chi connectivity index (χ0) is 19.3. The van der Waals surface area contributed by atoms with Gasteiger partial charge < -0.3 is 14.7 Å². The van der Waals surface area contributed by atoms with E-state index < -0.39 is 0 Å². The summed E-state index contributed by atoms with van der Waals surface area (Å²) in [6, 6.07) is 10.6. The Morgan fingerprint density at radius 1 is 1.04 bits per heavy atom. The average molecular weight is 399 g/mol. The molecule has 2 aliphatic rings. The van der Waals surface area contributed by atoms with Crippen molar-refractivity contribution in [2.75, 3.05) is 39.5 Å². The van der Waals surface area contributed by atoms with Crippen LogP contribution in [0.25, 0.3) is 5.57 Å². The van der Waals surface area contributed by atoms with Crippen LogP contribution in [0.15, 0.2) is 42.1 Å². The van der Waals surface area contributed by atoms with Crippen molar-refractivity contribution in [3.05, 3.63) is 69.5 Å². The number of hydrogen-bond donors (Lipinski definition) is 1. The summed E-state index contributed by atoms with van der Waals surface area (Å²) < 4.78 is 5.42. The molecule has 1 saturated heterocycles. The number of aromatic nitrogens is 1. The van der Waals surface area contributed by atoms with Crippen LogP contribution in [0, 0.1) is 0 Å². The lowest BCUT2D eigenvalue weighted by Gasteiger charge is -2.30. The second-order valence-corrected chi connectivity index (χ2v) is 7.91. The maximum Gasteiger partial charge on any atom is 0.0739 e. The van der Waals surface area contributed by atoms with Crippen LogP contribution in [-0.2, 0) is 17.6 Å². The number of rotatable bonds is 5. The Morgan fingerprint density at radius 2 is 1.86 bits per heavy atom. The van der Waals surface area contributed by atoms with E-state index in [-0.39, 0.29) is 6.61 Å². The monoisotopic (exact) mass is 398 g/mol. The number of halogens is 1. The van der Waals surface area contributed by atoms with Gasteiger partial charge in [0.05, 0.1) is 25.5 Å². The largest absolute Gasteiger partial charge is 0.394 e. The van der Waals surface area contributed by atoms with Gasteiger partial charge in [0.15, 0.2) is 0 Å². The first-order valence-corrected chi connectivity index (χ1v) is 10.5. The molecule has 1 aromatic carbocycles. The molecule has 1 N–H and O–H groups in total. The molecular weight excluding hydrogens is 372 g/mol. The van der Waals surface area contributed by atoms with E-state index >= 15 is 0 Å². The van der Waals surface area contributed by atoms with E-state index in [1.54, 1.807) is 0 Å². The molecule has 5 heteroatoms. The highest BCUT2D eigenvalue weighted by Crippen LogP contribution is 2.38. The summed E-state index contributed by atoms with van der Waals surface area (Å²) in [6.07, 6.45) is 6.01. The van der Waals surface area contributed by atoms with Crippen LogP contribution in [0.3, 0.4) is 0 Å². The maximum atomic E-state index is 8.82. The fraction of sp³-hybridized carbons (Fsp3) is 0.435. The van der Waals surface area contributed by atoms with E-state index in [1.165, 1.54) is 27.8 Å². The molecule has 0 amide bonds. The number of piperidine rings is 1. The predicted octanol–water partition coefficient (Wildman–Crippen LogP) is 3.74. The highest BCUT2D eigenvalue weighted by Gasteiger charge is 2.25. The number of benzene rings is 1. The Hall–Kier alpha value is -1.72. The third-order valence-corrected chi connectivity index (χ3v) is 5.96. The lowest BCUT2D eigenvalue weighted by molar-refractivity contribution is 0.0720. The zero-order valence-corrected chi connectivity index (χ0v) is 16.9. The van der Waals surface area contributed by atoms with E-state index in [1.807, 2.05) is 18.3 Å². The van der Waals surface area contributed by atoms with Gasteiger partial charge in [-0.05, 0) is 60.6 Å². The number of pyridine rings is 1. The normalized spacial score (nSPS) is 17.2. The van der Waals surface area contributed by atoms with Gasteiger partial charge in [-0.25, -0.2) is 0 Å². The van der Waals surface area contributed by atoms with Gasteiger partial charge in [0.2, 0.25) is 0 Å². The quantitative estimate of drug-likeness (QED) is 0.779. The van der Waals surface area contributed by atoms with Gasteiger partial charge in [0, 0.05) is 36.4 Å². The number of aliphatic hydroxyl groups is 1. The van der Waals surface area contributed by atoms with Crippen LogP contribution in [0.2, 0.25) is 5.02 Å². The molecule has 4 rings (SSSR count). The van der Waals surface area contributed by atoms with Gasteiger partial charge in [0.1, 0.15) is 0 Å². The molecule has 0 spiro atoms. The number of likely N-dealkylation sites (tertiary alicyclic amines) is 1. The Bertz CT molecular complexity index is 855. The van der Waals surface area contributed by atoms with Crippen LogP contribution in [0.5, 0.6) is 0 Å². The van der Waals surface area contributed by atoms with Gasteiger partial charge in [-0.2, -0.15) is 0 Å². The van der Waals surface area contributed by atoms with Crippen molar-refractivity contribution in [3.8, 4) is 0 Å². The Balaban J connectivity index is 1.62. The highest BCUT2D eigenvalue weighted by molar-refractivity contribution is 6.30. The van der Waals surface area contributed by atoms with Crippen molar-refractivity contribution in [2.45, 2.75) is 25.7 Å². The minimum atomic E-state index is 0.0894. The molecule has 1 aliphatic carbocycles. The lowest BCUT2D eigenvalue weighted by atomic mass is 9.88. The molecule has 0 unspecified atom stereocenters. The van der Waals surface area contributed by atoms with E-state index in [2.05, 4.69) is 23.1 Å². The molecule has 28 heavy (non-hydrogen) atoms. The van der Waals surface area contributed by atoms with Crippen LogP contribution in [0.4, 0.5) is 0 Å². The summed E-state index contributed by atoms with van der Waals surface area (Å²) in [5.74, 6) is 0. The zero-order valence-electron chi connectivity index (χ0n) is 16.2. The van der Waals surface area contributed by atoms with Crippen molar-refractivity contribution in [2.24, 2.45) is 0 Å². The molecule has 1 aliphatic heterocycles. The number of aliphatic hydroxyl groups excluding tert-OH is 1. The van der Waals surface area contributed by atoms with Crippen LogP contribution < -0.4 is 0 Å². The molecule has 2 heterocycles. The van der Waals surface area contributed by atoms with E-state index in [0.29, 0.717) is 13.2 Å². The number of hydrogen-bond acceptors (Lipinski definition) is 4. The summed E-state index contributed by atoms with van der Waals surface area (Å²) in [5, 5.41) is 9.63. The fourth-order valence-corrected chi connectivity index (χ4v) is 4.48. The van der Waals surface area contributed by atoms with Crippen molar-refractivity contribution in [1.29, 1.82) is 0 Å².